The van der Waals surface area contributed by atoms with Crippen molar-refractivity contribution < 1.29 is 0 Å². The highest BCUT2D eigenvalue weighted by Gasteiger charge is 2.10. The van der Waals surface area contributed by atoms with Crippen molar-refractivity contribution in [1.82, 2.24) is 9.55 Å². The zero-order valence-electron chi connectivity index (χ0n) is 11.5. The minimum Gasteiger partial charge on any atom is -0.388 e. The zero-order chi connectivity index (χ0) is 13.9. The number of nitrogens with two attached hydrogens (primary N) is 1. The predicted octanol–water partition coefficient (Wildman–Crippen LogP) is 3.45. The van der Waals surface area contributed by atoms with Crippen LogP contribution < -0.4 is 5.73 Å². The fourth-order valence-electron chi connectivity index (χ4n) is 2.44. The van der Waals surface area contributed by atoms with Crippen molar-refractivity contribution in [3.8, 4) is 11.3 Å². The van der Waals surface area contributed by atoms with Gasteiger partial charge in [-0.1, -0.05) is 18.2 Å². The van der Waals surface area contributed by atoms with E-state index in [0.29, 0.717) is 13.0 Å². The maximum absolute atomic E-state index is 7.43. The topological polar surface area (TPSA) is 67.7 Å². The van der Waals surface area contributed by atoms with E-state index in [4.69, 9.17) is 11.1 Å². The Balaban J connectivity index is 0.00000161. The van der Waals surface area contributed by atoms with E-state index in [1.165, 1.54) is 5.39 Å². The van der Waals surface area contributed by atoms with E-state index in [2.05, 4.69) is 27.8 Å². The molecule has 0 spiro atoms. The van der Waals surface area contributed by atoms with E-state index in [9.17, 15) is 0 Å². The van der Waals surface area contributed by atoms with E-state index >= 15 is 0 Å². The van der Waals surface area contributed by atoms with Crippen LogP contribution in [0.4, 0.5) is 0 Å². The van der Waals surface area contributed by atoms with Crippen LogP contribution in [-0.4, -0.2) is 15.4 Å². The molecule has 2 heterocycles. The third-order valence-corrected chi connectivity index (χ3v) is 3.37. The number of nitrogens with one attached hydrogen (secondary N) is 1. The summed E-state index contributed by atoms with van der Waals surface area (Å²) in [5.74, 6) is 0.208. The van der Waals surface area contributed by atoms with E-state index < -0.39 is 0 Å². The molecule has 0 aliphatic heterocycles. The Morgan fingerprint density at radius 1 is 1.19 bits per heavy atom. The van der Waals surface area contributed by atoms with Gasteiger partial charge in [-0.2, -0.15) is 0 Å². The van der Waals surface area contributed by atoms with E-state index in [1.807, 2.05) is 30.5 Å². The number of amidine groups is 1. The van der Waals surface area contributed by atoms with E-state index in [1.54, 1.807) is 6.20 Å². The van der Waals surface area contributed by atoms with Gasteiger partial charge < -0.3 is 10.3 Å². The largest absolute Gasteiger partial charge is 0.388 e. The van der Waals surface area contributed by atoms with Crippen molar-refractivity contribution in [1.29, 1.82) is 5.41 Å². The second kappa shape index (κ2) is 6.41. The summed E-state index contributed by atoms with van der Waals surface area (Å²) in [7, 11) is 0. The number of benzene rings is 1. The number of hydrogen-bond donors (Lipinski definition) is 2. The van der Waals surface area contributed by atoms with Crippen LogP contribution in [0.3, 0.4) is 0 Å². The number of aryl methyl sites for hydroxylation is 1. The molecule has 0 aliphatic carbocycles. The number of para-hydroxylation sites is 1. The van der Waals surface area contributed by atoms with Crippen molar-refractivity contribution in [2.45, 2.75) is 13.0 Å². The third-order valence-electron chi connectivity index (χ3n) is 3.37. The number of rotatable bonds is 4. The summed E-state index contributed by atoms with van der Waals surface area (Å²) in [6.07, 6.45) is 4.18. The normalized spacial score (nSPS) is 10.3. The van der Waals surface area contributed by atoms with Gasteiger partial charge in [-0.25, -0.2) is 0 Å². The van der Waals surface area contributed by atoms with Crippen LogP contribution in [0.2, 0.25) is 0 Å². The Kier molecular flexibility index (Phi) is 4.60. The number of pyridine rings is 1. The third kappa shape index (κ3) is 3.06. The molecule has 3 N–H and O–H groups in total. The Morgan fingerprint density at radius 3 is 2.71 bits per heavy atom. The Morgan fingerprint density at radius 2 is 2.00 bits per heavy atom. The summed E-state index contributed by atoms with van der Waals surface area (Å²) in [6.45, 7) is 0.701. The fraction of sp³-hybridized carbons (Fsp3) is 0.125. The van der Waals surface area contributed by atoms with Gasteiger partial charge >= 0.3 is 0 Å². The number of nitrogens with zero attached hydrogens (tertiary/aromatic N) is 2. The average molecular weight is 301 g/mol. The van der Waals surface area contributed by atoms with Gasteiger partial charge in [0.25, 0.3) is 0 Å². The van der Waals surface area contributed by atoms with Gasteiger partial charge in [-0.15, -0.1) is 12.4 Å². The number of fused-ring (bicyclic) bond motifs is 1. The molecule has 3 rings (SSSR count). The lowest BCUT2D eigenvalue weighted by Crippen LogP contribution is -2.13. The van der Waals surface area contributed by atoms with Crippen LogP contribution in [0.5, 0.6) is 0 Å². The van der Waals surface area contributed by atoms with Crippen molar-refractivity contribution >= 4 is 29.1 Å². The van der Waals surface area contributed by atoms with Gasteiger partial charge in [0.15, 0.2) is 0 Å². The lowest BCUT2D eigenvalue weighted by molar-refractivity contribution is 0.757. The lowest BCUT2D eigenvalue weighted by atomic mass is 10.2. The van der Waals surface area contributed by atoms with Crippen LogP contribution in [0.25, 0.3) is 22.2 Å². The van der Waals surface area contributed by atoms with Crippen LogP contribution >= 0.6 is 12.4 Å². The first-order chi connectivity index (χ1) is 9.75. The van der Waals surface area contributed by atoms with Crippen LogP contribution in [0.1, 0.15) is 6.42 Å². The summed E-state index contributed by atoms with van der Waals surface area (Å²) in [5.41, 5.74) is 8.85. The molecule has 0 bridgehead atoms. The second-order valence-corrected chi connectivity index (χ2v) is 4.76. The van der Waals surface area contributed by atoms with Crippen LogP contribution in [-0.2, 0) is 6.54 Å². The molecule has 0 fully saturated rings. The van der Waals surface area contributed by atoms with Crippen molar-refractivity contribution in [3.05, 3.63) is 54.9 Å². The molecule has 21 heavy (non-hydrogen) atoms. The minimum absolute atomic E-state index is 0. The quantitative estimate of drug-likeness (QED) is 0.572. The first-order valence-electron chi connectivity index (χ1n) is 6.57. The van der Waals surface area contributed by atoms with Crippen molar-refractivity contribution in [2.75, 3.05) is 0 Å². The van der Waals surface area contributed by atoms with Gasteiger partial charge in [0.2, 0.25) is 0 Å². The van der Waals surface area contributed by atoms with Crippen LogP contribution in [0, 0.1) is 5.41 Å². The SMILES string of the molecule is Cl.N=C(N)CCn1c(-c2cccnc2)cc2ccccc21. The summed E-state index contributed by atoms with van der Waals surface area (Å²) in [4.78, 5) is 4.19. The van der Waals surface area contributed by atoms with Gasteiger partial charge in [0.1, 0.15) is 0 Å². The molecule has 2 aromatic heterocycles. The summed E-state index contributed by atoms with van der Waals surface area (Å²) in [6, 6.07) is 14.4. The Hall–Kier alpha value is -2.33. The maximum Gasteiger partial charge on any atom is 0.0923 e. The highest BCUT2D eigenvalue weighted by Crippen LogP contribution is 2.27. The molecule has 0 unspecified atom stereocenters. The highest BCUT2D eigenvalue weighted by atomic mass is 35.5. The highest BCUT2D eigenvalue weighted by molar-refractivity contribution is 5.87. The van der Waals surface area contributed by atoms with E-state index in [0.717, 1.165) is 16.8 Å². The summed E-state index contributed by atoms with van der Waals surface area (Å²) < 4.78 is 2.20. The molecule has 5 heteroatoms. The number of halogens is 1. The first kappa shape index (κ1) is 15.1. The molecule has 0 saturated carbocycles. The number of hydrogen-bond acceptors (Lipinski definition) is 2. The second-order valence-electron chi connectivity index (χ2n) is 4.76. The molecule has 0 aliphatic rings. The molecule has 0 radical (unpaired) electrons. The summed E-state index contributed by atoms with van der Waals surface area (Å²) in [5, 5.41) is 8.62. The standard InChI is InChI=1S/C16H16N4.ClH/c17-16(18)7-9-20-14-6-2-1-4-12(14)10-15(20)13-5-3-8-19-11-13;/h1-6,8,10-11H,7,9H2,(H3,17,18);1H. The Labute approximate surface area is 129 Å². The van der Waals surface area contributed by atoms with Gasteiger partial charge in [0.05, 0.1) is 11.5 Å². The minimum atomic E-state index is 0. The van der Waals surface area contributed by atoms with Crippen molar-refractivity contribution in [3.63, 3.8) is 0 Å². The summed E-state index contributed by atoms with van der Waals surface area (Å²) >= 11 is 0. The van der Waals surface area contributed by atoms with Crippen LogP contribution in [0.15, 0.2) is 54.9 Å². The molecular formula is C16H17ClN4. The number of aromatic nitrogens is 2. The van der Waals surface area contributed by atoms with E-state index in [-0.39, 0.29) is 18.2 Å². The molecule has 0 atom stereocenters. The first-order valence-corrected chi connectivity index (χ1v) is 6.57. The molecule has 0 saturated heterocycles. The predicted molar refractivity (Wildman–Crippen MR) is 88.9 cm³/mol. The fourth-order valence-corrected chi connectivity index (χ4v) is 2.44. The molecule has 108 valence electrons. The van der Waals surface area contributed by atoms with Gasteiger partial charge in [-0.3, -0.25) is 10.4 Å². The maximum atomic E-state index is 7.43. The Bertz CT molecular complexity index is 749. The monoisotopic (exact) mass is 300 g/mol. The van der Waals surface area contributed by atoms with Gasteiger partial charge in [-0.05, 0) is 24.3 Å². The smallest absolute Gasteiger partial charge is 0.0923 e. The van der Waals surface area contributed by atoms with Crippen molar-refractivity contribution in [2.24, 2.45) is 5.73 Å². The molecule has 3 aromatic rings. The lowest BCUT2D eigenvalue weighted by Gasteiger charge is -2.10. The molecule has 1 aromatic carbocycles. The average Bonchev–Trinajstić information content (AvgIpc) is 2.84. The molecule has 0 amide bonds. The molecule has 4 nitrogen and oxygen atoms in total. The zero-order valence-corrected chi connectivity index (χ0v) is 12.3. The van der Waals surface area contributed by atoms with Gasteiger partial charge in [0, 0.05) is 41.8 Å². The molecular weight excluding hydrogens is 284 g/mol.